The van der Waals surface area contributed by atoms with Crippen molar-refractivity contribution < 1.29 is 24.2 Å². The molecular formula is C21H18N2O5. The highest BCUT2D eigenvalue weighted by molar-refractivity contribution is 5.90. The number of aliphatic carboxylic acids is 1. The van der Waals surface area contributed by atoms with Gasteiger partial charge in [0, 0.05) is 29.9 Å². The van der Waals surface area contributed by atoms with Crippen LogP contribution in [0.15, 0.2) is 42.5 Å². The molecule has 0 unspecified atom stereocenters. The third-order valence-corrected chi connectivity index (χ3v) is 5.49. The average Bonchev–Trinajstić information content (AvgIpc) is 3.29. The molecule has 0 fully saturated rings. The van der Waals surface area contributed by atoms with Crippen LogP contribution in [0.5, 0.6) is 11.5 Å². The summed E-state index contributed by atoms with van der Waals surface area (Å²) in [6.45, 7) is 1.55. The number of benzene rings is 2. The number of nitrogens with zero attached hydrogens (tertiary/aromatic N) is 1. The van der Waals surface area contributed by atoms with E-state index in [0.717, 1.165) is 27.7 Å². The largest absolute Gasteiger partial charge is 0.480 e. The third kappa shape index (κ3) is 2.36. The maximum absolute atomic E-state index is 12.5. The number of ether oxygens (including phenoxy) is 2. The number of aromatic amines is 1. The van der Waals surface area contributed by atoms with Crippen molar-refractivity contribution in [3.8, 4) is 11.5 Å². The van der Waals surface area contributed by atoms with E-state index in [2.05, 4.69) is 4.98 Å². The van der Waals surface area contributed by atoms with Crippen molar-refractivity contribution in [1.29, 1.82) is 0 Å². The van der Waals surface area contributed by atoms with E-state index in [4.69, 9.17) is 9.47 Å². The summed E-state index contributed by atoms with van der Waals surface area (Å²) in [5.74, 6) is -0.0760. The minimum absolute atomic E-state index is 0.148. The zero-order chi connectivity index (χ0) is 19.4. The van der Waals surface area contributed by atoms with Crippen LogP contribution < -0.4 is 9.47 Å². The van der Waals surface area contributed by atoms with Crippen molar-refractivity contribution in [2.45, 2.75) is 25.4 Å². The first-order valence-corrected chi connectivity index (χ1v) is 9.05. The van der Waals surface area contributed by atoms with Gasteiger partial charge in [-0.1, -0.05) is 24.3 Å². The molecule has 0 saturated carbocycles. The molecule has 7 heteroatoms. The molecule has 28 heavy (non-hydrogen) atoms. The van der Waals surface area contributed by atoms with Gasteiger partial charge in [-0.05, 0) is 29.3 Å². The van der Waals surface area contributed by atoms with Crippen molar-refractivity contribution >= 4 is 22.8 Å². The van der Waals surface area contributed by atoms with Gasteiger partial charge in [0.05, 0.1) is 6.04 Å². The number of carboxylic acid groups (broad SMARTS) is 1. The van der Waals surface area contributed by atoms with Crippen LogP contribution in [0.25, 0.3) is 10.9 Å². The fraction of sp³-hybridized carbons (Fsp3) is 0.238. The molecule has 2 atom stereocenters. The lowest BCUT2D eigenvalue weighted by molar-refractivity contribution is -0.151. The number of H-pyrrole nitrogens is 1. The van der Waals surface area contributed by atoms with Gasteiger partial charge in [0.15, 0.2) is 11.5 Å². The molecule has 7 nitrogen and oxygen atoms in total. The summed E-state index contributed by atoms with van der Waals surface area (Å²) in [7, 11) is 0. The lowest BCUT2D eigenvalue weighted by Gasteiger charge is -2.40. The molecule has 2 N–H and O–H groups in total. The quantitative estimate of drug-likeness (QED) is 0.715. The summed E-state index contributed by atoms with van der Waals surface area (Å²) < 4.78 is 10.9. The molecular weight excluding hydrogens is 360 g/mol. The second-order valence-electron chi connectivity index (χ2n) is 7.06. The Bertz CT molecular complexity index is 1120. The minimum atomic E-state index is -1.02. The molecule has 2 aromatic carbocycles. The second-order valence-corrected chi connectivity index (χ2v) is 7.06. The number of para-hydroxylation sites is 1. The lowest BCUT2D eigenvalue weighted by atomic mass is 9.88. The van der Waals surface area contributed by atoms with Crippen LogP contribution in [0.1, 0.15) is 29.8 Å². The molecule has 2 aliphatic rings. The highest BCUT2D eigenvalue weighted by Crippen LogP contribution is 2.43. The van der Waals surface area contributed by atoms with Gasteiger partial charge in [-0.25, -0.2) is 4.79 Å². The summed E-state index contributed by atoms with van der Waals surface area (Å²) in [4.78, 5) is 29.5. The first-order chi connectivity index (χ1) is 13.5. The number of fused-ring (bicyclic) bond motifs is 4. The van der Waals surface area contributed by atoms with Gasteiger partial charge in [-0.3, -0.25) is 4.79 Å². The van der Waals surface area contributed by atoms with Crippen molar-refractivity contribution in [3.63, 3.8) is 0 Å². The van der Waals surface area contributed by atoms with Crippen LogP contribution in [-0.4, -0.2) is 39.7 Å². The number of aromatic nitrogens is 1. The SMILES string of the molecule is CC(=O)N1[C@@H](c2ccc3c(c2)OCO3)c2[nH]c3ccccc3c2C[C@@H]1C(=O)O. The van der Waals surface area contributed by atoms with Gasteiger partial charge < -0.3 is 24.5 Å². The van der Waals surface area contributed by atoms with E-state index in [-0.39, 0.29) is 19.1 Å². The van der Waals surface area contributed by atoms with Crippen LogP contribution in [-0.2, 0) is 16.0 Å². The normalized spacial score (nSPS) is 20.2. The van der Waals surface area contributed by atoms with E-state index < -0.39 is 18.1 Å². The van der Waals surface area contributed by atoms with Crippen LogP contribution in [0.4, 0.5) is 0 Å². The zero-order valence-electron chi connectivity index (χ0n) is 15.1. The van der Waals surface area contributed by atoms with E-state index in [9.17, 15) is 14.7 Å². The molecule has 0 radical (unpaired) electrons. The summed E-state index contributed by atoms with van der Waals surface area (Å²) in [6, 6.07) is 11.8. The first-order valence-electron chi connectivity index (χ1n) is 9.05. The van der Waals surface area contributed by atoms with E-state index in [1.165, 1.54) is 11.8 Å². The van der Waals surface area contributed by atoms with Crippen molar-refractivity contribution in [1.82, 2.24) is 9.88 Å². The fourth-order valence-electron chi connectivity index (χ4n) is 4.30. The highest BCUT2D eigenvalue weighted by Gasteiger charge is 2.42. The number of hydrogen-bond acceptors (Lipinski definition) is 4. The molecule has 3 aromatic rings. The van der Waals surface area contributed by atoms with Gasteiger partial charge in [0.1, 0.15) is 6.04 Å². The molecule has 0 spiro atoms. The van der Waals surface area contributed by atoms with E-state index >= 15 is 0 Å². The summed E-state index contributed by atoms with van der Waals surface area (Å²) in [5.41, 5.74) is 3.47. The second kappa shape index (κ2) is 6.02. The Morgan fingerprint density at radius 3 is 2.71 bits per heavy atom. The molecule has 0 bridgehead atoms. The Balaban J connectivity index is 1.76. The minimum Gasteiger partial charge on any atom is -0.480 e. The summed E-state index contributed by atoms with van der Waals surface area (Å²) in [6.07, 6.45) is 0.259. The van der Waals surface area contributed by atoms with Crippen molar-refractivity contribution in [3.05, 3.63) is 59.3 Å². The van der Waals surface area contributed by atoms with Gasteiger partial charge in [0.25, 0.3) is 0 Å². The molecule has 142 valence electrons. The molecule has 1 amide bonds. The summed E-state index contributed by atoms with van der Waals surface area (Å²) >= 11 is 0. The van der Waals surface area contributed by atoms with Crippen LogP contribution in [0.3, 0.4) is 0 Å². The van der Waals surface area contributed by atoms with Gasteiger partial charge in [-0.2, -0.15) is 0 Å². The molecule has 0 saturated heterocycles. The number of carboxylic acids is 1. The Labute approximate surface area is 160 Å². The van der Waals surface area contributed by atoms with Crippen LogP contribution >= 0.6 is 0 Å². The van der Waals surface area contributed by atoms with E-state index in [0.29, 0.717) is 11.5 Å². The number of amides is 1. The Morgan fingerprint density at radius 1 is 1.14 bits per heavy atom. The summed E-state index contributed by atoms with van der Waals surface area (Å²) in [5, 5.41) is 10.8. The van der Waals surface area contributed by atoms with E-state index in [1.54, 1.807) is 6.07 Å². The Kier molecular flexibility index (Phi) is 3.58. The highest BCUT2D eigenvalue weighted by atomic mass is 16.7. The van der Waals surface area contributed by atoms with Gasteiger partial charge in [0.2, 0.25) is 12.7 Å². The zero-order valence-corrected chi connectivity index (χ0v) is 15.1. The maximum atomic E-state index is 12.5. The van der Waals surface area contributed by atoms with E-state index in [1.807, 2.05) is 36.4 Å². The average molecular weight is 378 g/mol. The van der Waals surface area contributed by atoms with Crippen LogP contribution in [0, 0.1) is 0 Å². The first kappa shape index (κ1) is 16.7. The number of nitrogens with one attached hydrogen (secondary N) is 1. The number of carbonyl (C=O) groups excluding carboxylic acids is 1. The molecule has 1 aromatic heterocycles. The molecule has 5 rings (SSSR count). The molecule has 3 heterocycles. The maximum Gasteiger partial charge on any atom is 0.326 e. The fourth-order valence-corrected chi connectivity index (χ4v) is 4.30. The van der Waals surface area contributed by atoms with Crippen LogP contribution in [0.2, 0.25) is 0 Å². The topological polar surface area (TPSA) is 91.9 Å². The predicted octanol–water partition coefficient (Wildman–Crippen LogP) is 2.84. The third-order valence-electron chi connectivity index (χ3n) is 5.49. The Morgan fingerprint density at radius 2 is 1.93 bits per heavy atom. The monoisotopic (exact) mass is 378 g/mol. The Hall–Kier alpha value is -3.48. The number of rotatable bonds is 2. The van der Waals surface area contributed by atoms with Gasteiger partial charge >= 0.3 is 5.97 Å². The van der Waals surface area contributed by atoms with Gasteiger partial charge in [-0.15, -0.1) is 0 Å². The number of hydrogen-bond donors (Lipinski definition) is 2. The lowest BCUT2D eigenvalue weighted by Crippen LogP contribution is -2.50. The number of carbonyl (C=O) groups is 2. The predicted molar refractivity (Wildman–Crippen MR) is 100 cm³/mol. The molecule has 0 aliphatic carbocycles. The standard InChI is InChI=1S/C21H18N2O5/c1-11(24)23-16(21(25)26)9-14-13-4-2-3-5-15(13)22-19(14)20(23)12-6-7-17-18(8-12)28-10-27-17/h2-8,16,20,22H,9-10H2,1H3,(H,25,26)/t16-,20+/m1/s1. The van der Waals surface area contributed by atoms with Crippen molar-refractivity contribution in [2.75, 3.05) is 6.79 Å². The van der Waals surface area contributed by atoms with Crippen molar-refractivity contribution in [2.24, 2.45) is 0 Å². The smallest absolute Gasteiger partial charge is 0.326 e. The molecule has 2 aliphatic heterocycles.